The molecule has 0 heterocycles. The summed E-state index contributed by atoms with van der Waals surface area (Å²) in [5.74, 6) is -1.66. The van der Waals surface area contributed by atoms with Gasteiger partial charge >= 0.3 is 5.97 Å². The minimum absolute atomic E-state index is 0.0856. The number of aromatic hydroxyl groups is 1. The first-order chi connectivity index (χ1) is 9.06. The van der Waals surface area contributed by atoms with Gasteiger partial charge in [0.25, 0.3) is 0 Å². The zero-order valence-corrected chi connectivity index (χ0v) is 9.93. The number of hydrogen-bond acceptors (Lipinski definition) is 2. The number of phenolic OH excluding ortho intramolecular Hbond substituents is 1. The second-order valence-electron chi connectivity index (χ2n) is 4.65. The SMILES string of the molecule is O=C(O)CC1c2cc(O)ccc2-c2ccc(F)cc21. The molecule has 3 rings (SSSR count). The van der Waals surface area contributed by atoms with E-state index in [2.05, 4.69) is 0 Å². The van der Waals surface area contributed by atoms with Crippen molar-refractivity contribution in [2.75, 3.05) is 0 Å². The largest absolute Gasteiger partial charge is 0.508 e. The molecular formula is C15H11FO3. The highest BCUT2D eigenvalue weighted by Gasteiger charge is 2.30. The van der Waals surface area contributed by atoms with Crippen LogP contribution in [0.15, 0.2) is 36.4 Å². The van der Waals surface area contributed by atoms with Crippen LogP contribution in [0.25, 0.3) is 11.1 Å². The smallest absolute Gasteiger partial charge is 0.304 e. The van der Waals surface area contributed by atoms with E-state index in [0.29, 0.717) is 5.56 Å². The lowest BCUT2D eigenvalue weighted by atomic mass is 9.93. The van der Waals surface area contributed by atoms with Gasteiger partial charge in [-0.15, -0.1) is 0 Å². The predicted molar refractivity (Wildman–Crippen MR) is 67.6 cm³/mol. The van der Waals surface area contributed by atoms with Gasteiger partial charge in [-0.25, -0.2) is 4.39 Å². The quantitative estimate of drug-likeness (QED) is 0.870. The Hall–Kier alpha value is -2.36. The average molecular weight is 258 g/mol. The van der Waals surface area contributed by atoms with Crippen LogP contribution in [-0.4, -0.2) is 16.2 Å². The van der Waals surface area contributed by atoms with Crippen LogP contribution in [0.2, 0.25) is 0 Å². The maximum absolute atomic E-state index is 13.4. The number of carboxylic acid groups (broad SMARTS) is 1. The number of carbonyl (C=O) groups is 1. The fourth-order valence-electron chi connectivity index (χ4n) is 2.71. The Morgan fingerprint density at radius 2 is 1.74 bits per heavy atom. The number of hydrogen-bond donors (Lipinski definition) is 2. The van der Waals surface area contributed by atoms with Gasteiger partial charge in [0, 0.05) is 5.92 Å². The van der Waals surface area contributed by atoms with Crippen molar-refractivity contribution >= 4 is 5.97 Å². The molecule has 0 aromatic heterocycles. The van der Waals surface area contributed by atoms with Crippen molar-refractivity contribution in [3.05, 3.63) is 53.3 Å². The fraction of sp³-hybridized carbons (Fsp3) is 0.133. The van der Waals surface area contributed by atoms with E-state index in [9.17, 15) is 14.3 Å². The highest BCUT2D eigenvalue weighted by Crippen LogP contribution is 2.47. The molecule has 1 aliphatic carbocycles. The van der Waals surface area contributed by atoms with Crippen LogP contribution in [0.3, 0.4) is 0 Å². The van der Waals surface area contributed by atoms with Gasteiger partial charge in [0.2, 0.25) is 0 Å². The average Bonchev–Trinajstić information content (AvgIpc) is 2.62. The third-order valence-corrected chi connectivity index (χ3v) is 3.47. The van der Waals surface area contributed by atoms with Gasteiger partial charge in [0.1, 0.15) is 11.6 Å². The molecule has 3 nitrogen and oxygen atoms in total. The van der Waals surface area contributed by atoms with Crippen molar-refractivity contribution in [2.24, 2.45) is 0 Å². The van der Waals surface area contributed by atoms with Crippen molar-refractivity contribution in [1.29, 1.82) is 0 Å². The van der Waals surface area contributed by atoms with Gasteiger partial charge < -0.3 is 10.2 Å². The van der Waals surface area contributed by atoms with Gasteiger partial charge in [0.05, 0.1) is 6.42 Å². The van der Waals surface area contributed by atoms with E-state index in [0.717, 1.165) is 16.7 Å². The van der Waals surface area contributed by atoms with Crippen molar-refractivity contribution in [1.82, 2.24) is 0 Å². The number of halogens is 1. The minimum Gasteiger partial charge on any atom is -0.508 e. The molecule has 1 aliphatic rings. The topological polar surface area (TPSA) is 57.5 Å². The number of rotatable bonds is 2. The number of carboxylic acids is 1. The van der Waals surface area contributed by atoms with Crippen molar-refractivity contribution in [3.8, 4) is 16.9 Å². The van der Waals surface area contributed by atoms with Crippen LogP contribution in [0.5, 0.6) is 5.75 Å². The zero-order chi connectivity index (χ0) is 13.6. The molecule has 19 heavy (non-hydrogen) atoms. The molecule has 0 saturated heterocycles. The molecule has 2 aromatic rings. The zero-order valence-electron chi connectivity index (χ0n) is 9.93. The number of phenols is 1. The molecule has 0 bridgehead atoms. The van der Waals surface area contributed by atoms with E-state index in [1.54, 1.807) is 24.3 Å². The minimum atomic E-state index is -0.948. The third kappa shape index (κ3) is 1.85. The summed E-state index contributed by atoms with van der Waals surface area (Å²) >= 11 is 0. The summed E-state index contributed by atoms with van der Waals surface area (Å²) in [4.78, 5) is 11.0. The van der Waals surface area contributed by atoms with E-state index >= 15 is 0 Å². The van der Waals surface area contributed by atoms with E-state index in [1.165, 1.54) is 12.1 Å². The van der Waals surface area contributed by atoms with E-state index in [4.69, 9.17) is 5.11 Å². The number of fused-ring (bicyclic) bond motifs is 3. The lowest BCUT2D eigenvalue weighted by Gasteiger charge is -2.10. The van der Waals surface area contributed by atoms with Gasteiger partial charge in [-0.1, -0.05) is 12.1 Å². The molecule has 96 valence electrons. The number of aliphatic carboxylic acids is 1. The molecule has 1 unspecified atom stereocenters. The monoisotopic (exact) mass is 258 g/mol. The Morgan fingerprint density at radius 1 is 1.11 bits per heavy atom. The molecule has 2 aromatic carbocycles. The standard InChI is InChI=1S/C15H11FO3/c16-8-1-3-10-11-4-2-9(17)6-13(11)14(7-15(18)19)12(10)5-8/h1-6,14,17H,7H2,(H,18,19). The van der Waals surface area contributed by atoms with Gasteiger partial charge in [-0.2, -0.15) is 0 Å². The molecule has 0 fully saturated rings. The Morgan fingerprint density at radius 3 is 2.42 bits per heavy atom. The summed E-state index contributed by atoms with van der Waals surface area (Å²) in [6.07, 6.45) is -0.118. The Labute approximate surface area is 108 Å². The summed E-state index contributed by atoms with van der Waals surface area (Å²) in [6, 6.07) is 9.24. The highest BCUT2D eigenvalue weighted by atomic mass is 19.1. The van der Waals surface area contributed by atoms with E-state index < -0.39 is 11.9 Å². The summed E-state index contributed by atoms with van der Waals surface area (Å²) in [5.41, 5.74) is 3.10. The fourth-order valence-corrected chi connectivity index (χ4v) is 2.71. The van der Waals surface area contributed by atoms with Crippen LogP contribution in [0.1, 0.15) is 23.5 Å². The Bertz CT molecular complexity index is 628. The van der Waals surface area contributed by atoms with Crippen molar-refractivity contribution < 1.29 is 19.4 Å². The van der Waals surface area contributed by atoms with Crippen LogP contribution < -0.4 is 0 Å². The maximum atomic E-state index is 13.4. The molecule has 0 amide bonds. The van der Waals surface area contributed by atoms with Gasteiger partial charge in [-0.3, -0.25) is 4.79 Å². The first-order valence-corrected chi connectivity index (χ1v) is 5.91. The Balaban J connectivity index is 2.22. The first-order valence-electron chi connectivity index (χ1n) is 5.91. The molecule has 0 radical (unpaired) electrons. The van der Waals surface area contributed by atoms with Gasteiger partial charge in [0.15, 0.2) is 0 Å². The molecule has 2 N–H and O–H groups in total. The molecule has 0 saturated carbocycles. The summed E-state index contributed by atoms with van der Waals surface area (Å²) in [5, 5.41) is 18.6. The first kappa shape index (κ1) is 11.7. The third-order valence-electron chi connectivity index (χ3n) is 3.47. The normalized spacial score (nSPS) is 15.9. The predicted octanol–water partition coefficient (Wildman–Crippen LogP) is 3.12. The van der Waals surface area contributed by atoms with E-state index in [-0.39, 0.29) is 18.0 Å². The molecule has 0 spiro atoms. The second-order valence-corrected chi connectivity index (χ2v) is 4.65. The second kappa shape index (κ2) is 4.09. The highest BCUT2D eigenvalue weighted by molar-refractivity contribution is 5.82. The van der Waals surface area contributed by atoms with E-state index in [1.807, 2.05) is 0 Å². The molecule has 1 atom stereocenters. The number of benzene rings is 2. The Kier molecular flexibility index (Phi) is 2.52. The summed E-state index contributed by atoms with van der Waals surface area (Å²) in [7, 11) is 0. The van der Waals surface area contributed by atoms with Crippen LogP contribution in [0.4, 0.5) is 4.39 Å². The summed E-state index contributed by atoms with van der Waals surface area (Å²) < 4.78 is 13.4. The lowest BCUT2D eigenvalue weighted by Crippen LogP contribution is -2.05. The van der Waals surface area contributed by atoms with Crippen molar-refractivity contribution in [3.63, 3.8) is 0 Å². The van der Waals surface area contributed by atoms with Crippen LogP contribution in [-0.2, 0) is 4.79 Å². The summed E-state index contributed by atoms with van der Waals surface area (Å²) in [6.45, 7) is 0. The maximum Gasteiger partial charge on any atom is 0.304 e. The van der Waals surface area contributed by atoms with Crippen LogP contribution >= 0.6 is 0 Å². The molecular weight excluding hydrogens is 247 g/mol. The van der Waals surface area contributed by atoms with Crippen LogP contribution in [0, 0.1) is 5.82 Å². The van der Waals surface area contributed by atoms with Gasteiger partial charge in [-0.05, 0) is 46.5 Å². The molecule has 4 heteroatoms. The van der Waals surface area contributed by atoms with Crippen molar-refractivity contribution in [2.45, 2.75) is 12.3 Å². The molecule has 0 aliphatic heterocycles. The lowest BCUT2D eigenvalue weighted by molar-refractivity contribution is -0.137.